The Morgan fingerprint density at radius 3 is 2.18 bits per heavy atom. The number of hydrogen-bond donors (Lipinski definition) is 1. The summed E-state index contributed by atoms with van der Waals surface area (Å²) in [6.07, 6.45) is 0. The average Bonchev–Trinajstić information content (AvgIpc) is 1.98. The topological polar surface area (TPSA) is 71.2 Å². The van der Waals surface area contributed by atoms with Gasteiger partial charge in [-0.1, -0.05) is 10.3 Å². The van der Waals surface area contributed by atoms with Crippen LogP contribution in [0.4, 0.5) is 0 Å². The highest BCUT2D eigenvalue weighted by molar-refractivity contribution is 6.40. The van der Waals surface area contributed by atoms with Crippen LogP contribution in [0.25, 0.3) is 0 Å². The summed E-state index contributed by atoms with van der Waals surface area (Å²) in [5.41, 5.74) is 0.675. The van der Waals surface area contributed by atoms with E-state index in [1.807, 2.05) is 0 Å². The predicted octanol–water partition coefficient (Wildman–Crippen LogP) is 0.776. The van der Waals surface area contributed by atoms with Gasteiger partial charge in [0.05, 0.1) is 0 Å². The van der Waals surface area contributed by atoms with Gasteiger partial charge in [-0.05, 0) is 13.8 Å². The van der Waals surface area contributed by atoms with Gasteiger partial charge in [-0.25, -0.2) is 4.79 Å². The molecule has 0 aromatic rings. The van der Waals surface area contributed by atoms with Crippen LogP contribution in [-0.2, 0) is 9.63 Å². The van der Waals surface area contributed by atoms with Gasteiger partial charge in [0.2, 0.25) is 0 Å². The maximum Gasteiger partial charge on any atom is 0.331 e. The minimum Gasteiger partial charge on any atom is -0.411 e. The lowest BCUT2D eigenvalue weighted by atomic mass is 10.3. The fraction of sp³-hybridized carbons (Fsp3) is 0.500. The Labute approximate surface area is 64.3 Å². The third-order valence-corrected chi connectivity index (χ3v) is 0.985. The molecule has 0 aliphatic carbocycles. The lowest BCUT2D eigenvalue weighted by Gasteiger charge is -1.94. The van der Waals surface area contributed by atoms with Crippen LogP contribution in [0.5, 0.6) is 0 Å². The van der Waals surface area contributed by atoms with Gasteiger partial charge in [0.1, 0.15) is 11.4 Å². The third-order valence-electron chi connectivity index (χ3n) is 0.985. The van der Waals surface area contributed by atoms with Crippen molar-refractivity contribution in [2.45, 2.75) is 20.8 Å². The smallest absolute Gasteiger partial charge is 0.331 e. The molecule has 0 aliphatic rings. The molecule has 0 heterocycles. The SMILES string of the molecule is CC(=O)ON=C(C)C(C)=NO. The van der Waals surface area contributed by atoms with Crippen molar-refractivity contribution < 1.29 is 14.8 Å². The minimum absolute atomic E-state index is 0.311. The van der Waals surface area contributed by atoms with Crippen LogP contribution in [0.15, 0.2) is 10.3 Å². The van der Waals surface area contributed by atoms with Crippen LogP contribution in [0.3, 0.4) is 0 Å². The van der Waals surface area contributed by atoms with E-state index in [1.165, 1.54) is 6.92 Å². The average molecular weight is 158 g/mol. The van der Waals surface area contributed by atoms with E-state index in [0.717, 1.165) is 0 Å². The van der Waals surface area contributed by atoms with E-state index < -0.39 is 5.97 Å². The molecular weight excluding hydrogens is 148 g/mol. The van der Waals surface area contributed by atoms with E-state index in [2.05, 4.69) is 15.1 Å². The highest BCUT2D eigenvalue weighted by Crippen LogP contribution is 1.85. The Hall–Kier alpha value is -1.39. The van der Waals surface area contributed by atoms with Crippen molar-refractivity contribution in [3.05, 3.63) is 0 Å². The van der Waals surface area contributed by atoms with Gasteiger partial charge in [0.15, 0.2) is 0 Å². The molecule has 0 spiro atoms. The van der Waals surface area contributed by atoms with E-state index in [9.17, 15) is 4.79 Å². The molecule has 0 unspecified atom stereocenters. The lowest BCUT2D eigenvalue weighted by Crippen LogP contribution is -2.07. The summed E-state index contributed by atoms with van der Waals surface area (Å²) in [5.74, 6) is -0.505. The minimum atomic E-state index is -0.505. The Morgan fingerprint density at radius 1 is 1.27 bits per heavy atom. The maximum atomic E-state index is 10.2. The zero-order valence-corrected chi connectivity index (χ0v) is 6.66. The van der Waals surface area contributed by atoms with Gasteiger partial charge in [0.25, 0.3) is 0 Å². The van der Waals surface area contributed by atoms with Crippen molar-refractivity contribution in [3.8, 4) is 0 Å². The summed E-state index contributed by atoms with van der Waals surface area (Å²) in [4.78, 5) is 14.5. The quantitative estimate of drug-likeness (QED) is 0.279. The summed E-state index contributed by atoms with van der Waals surface area (Å²) in [5, 5.41) is 14.5. The second kappa shape index (κ2) is 4.43. The monoisotopic (exact) mass is 158 g/mol. The van der Waals surface area contributed by atoms with E-state index in [1.54, 1.807) is 13.8 Å². The molecule has 0 rings (SSSR count). The first kappa shape index (κ1) is 9.61. The van der Waals surface area contributed by atoms with Gasteiger partial charge >= 0.3 is 5.97 Å². The number of hydrogen-bond acceptors (Lipinski definition) is 5. The number of carbonyl (C=O) groups excluding carboxylic acids is 1. The molecule has 5 heteroatoms. The fourth-order valence-corrected chi connectivity index (χ4v) is 0.271. The van der Waals surface area contributed by atoms with Crippen LogP contribution in [-0.4, -0.2) is 22.6 Å². The van der Waals surface area contributed by atoms with Crippen LogP contribution in [0.2, 0.25) is 0 Å². The molecule has 5 nitrogen and oxygen atoms in total. The van der Waals surface area contributed by atoms with Crippen molar-refractivity contribution in [2.24, 2.45) is 10.3 Å². The largest absolute Gasteiger partial charge is 0.411 e. The molecule has 0 saturated carbocycles. The number of rotatable bonds is 2. The van der Waals surface area contributed by atoms with Gasteiger partial charge in [-0.3, -0.25) is 0 Å². The van der Waals surface area contributed by atoms with Crippen LogP contribution in [0, 0.1) is 0 Å². The van der Waals surface area contributed by atoms with Crippen molar-refractivity contribution in [1.29, 1.82) is 0 Å². The van der Waals surface area contributed by atoms with Crippen molar-refractivity contribution >= 4 is 17.4 Å². The zero-order valence-electron chi connectivity index (χ0n) is 6.66. The highest BCUT2D eigenvalue weighted by Gasteiger charge is 1.97. The Morgan fingerprint density at radius 2 is 1.82 bits per heavy atom. The molecule has 0 saturated heterocycles. The number of nitrogens with zero attached hydrogens (tertiary/aromatic N) is 2. The summed E-state index contributed by atoms with van der Waals surface area (Å²) in [6.45, 7) is 4.35. The maximum absolute atomic E-state index is 10.2. The number of oxime groups is 2. The van der Waals surface area contributed by atoms with Crippen molar-refractivity contribution in [3.63, 3.8) is 0 Å². The van der Waals surface area contributed by atoms with Crippen LogP contribution in [0.1, 0.15) is 20.8 Å². The summed E-state index contributed by atoms with van der Waals surface area (Å²) < 4.78 is 0. The summed E-state index contributed by atoms with van der Waals surface area (Å²) in [6, 6.07) is 0. The molecule has 1 N–H and O–H groups in total. The van der Waals surface area contributed by atoms with E-state index in [0.29, 0.717) is 11.4 Å². The first-order valence-electron chi connectivity index (χ1n) is 2.99. The van der Waals surface area contributed by atoms with Crippen molar-refractivity contribution in [1.82, 2.24) is 0 Å². The first-order chi connectivity index (χ1) is 5.07. The Bertz CT molecular complexity index is 208. The molecule has 0 atom stereocenters. The summed E-state index contributed by atoms with van der Waals surface area (Å²) in [7, 11) is 0. The Balaban J connectivity index is 4.12. The second-order valence-electron chi connectivity index (χ2n) is 1.94. The molecule has 0 amide bonds. The van der Waals surface area contributed by atoms with E-state index in [4.69, 9.17) is 5.21 Å². The molecule has 0 aromatic carbocycles. The van der Waals surface area contributed by atoms with Gasteiger partial charge < -0.3 is 10.0 Å². The number of carbonyl (C=O) groups is 1. The van der Waals surface area contributed by atoms with E-state index in [-0.39, 0.29) is 0 Å². The predicted molar refractivity (Wildman–Crippen MR) is 39.8 cm³/mol. The van der Waals surface area contributed by atoms with Crippen LogP contribution < -0.4 is 0 Å². The lowest BCUT2D eigenvalue weighted by molar-refractivity contribution is -0.140. The Kier molecular flexibility index (Phi) is 3.87. The molecule has 62 valence electrons. The fourth-order valence-electron chi connectivity index (χ4n) is 0.271. The third kappa shape index (κ3) is 4.07. The highest BCUT2D eigenvalue weighted by atomic mass is 16.7. The van der Waals surface area contributed by atoms with Gasteiger partial charge in [-0.2, -0.15) is 0 Å². The first-order valence-corrected chi connectivity index (χ1v) is 2.99. The molecule has 0 bridgehead atoms. The van der Waals surface area contributed by atoms with E-state index >= 15 is 0 Å². The second-order valence-corrected chi connectivity index (χ2v) is 1.94. The standard InChI is InChI=1S/C6H10N2O3/c1-4(7-10)5(2)8-11-6(3)9/h10H,1-3H3. The molecular formula is C6H10N2O3. The summed E-state index contributed by atoms with van der Waals surface area (Å²) >= 11 is 0. The molecule has 0 fully saturated rings. The van der Waals surface area contributed by atoms with Gasteiger partial charge in [0, 0.05) is 6.92 Å². The molecule has 11 heavy (non-hydrogen) atoms. The van der Waals surface area contributed by atoms with Crippen LogP contribution >= 0.6 is 0 Å². The molecule has 0 radical (unpaired) electrons. The zero-order chi connectivity index (χ0) is 8.85. The molecule has 0 aliphatic heterocycles. The normalized spacial score (nSPS) is 13.0. The van der Waals surface area contributed by atoms with Gasteiger partial charge in [-0.15, -0.1) is 0 Å². The molecule has 0 aromatic heterocycles. The van der Waals surface area contributed by atoms with Crippen molar-refractivity contribution in [2.75, 3.05) is 0 Å².